The van der Waals surface area contributed by atoms with Gasteiger partial charge in [0.05, 0.1) is 24.6 Å². The average molecular weight is 391 g/mol. The first kappa shape index (κ1) is 20.9. The zero-order valence-electron chi connectivity index (χ0n) is 16.1. The van der Waals surface area contributed by atoms with E-state index in [2.05, 4.69) is 5.32 Å². The van der Waals surface area contributed by atoms with Gasteiger partial charge in [0.15, 0.2) is 0 Å². The van der Waals surface area contributed by atoms with Gasteiger partial charge in [0.1, 0.15) is 5.75 Å². The number of nitrogens with one attached hydrogen (secondary N) is 1. The number of carbonyl (C=O) groups is 1. The number of carbonyl (C=O) groups excluding carboxylic acids is 1. The first-order chi connectivity index (χ1) is 12.8. The average Bonchev–Trinajstić information content (AvgIpc) is 2.66. The van der Waals surface area contributed by atoms with Gasteiger partial charge in [-0.3, -0.25) is 4.79 Å². The van der Waals surface area contributed by atoms with Crippen molar-refractivity contribution in [3.63, 3.8) is 0 Å². The standard InChI is InChI=1S/C20H26N2O4S/c1-5-19(16-8-6-15(2)7-9-16)21-20(23)14-22(3)27(24,25)18-12-10-17(26-4)11-13-18/h6-13,19H,5,14H2,1-4H3,(H,21,23)/t19-/m1/s1. The molecule has 0 saturated carbocycles. The number of hydrogen-bond acceptors (Lipinski definition) is 4. The van der Waals surface area contributed by atoms with Gasteiger partial charge in [-0.15, -0.1) is 0 Å². The van der Waals surface area contributed by atoms with Crippen molar-refractivity contribution in [1.82, 2.24) is 9.62 Å². The molecule has 0 aliphatic rings. The summed E-state index contributed by atoms with van der Waals surface area (Å²) in [5.41, 5.74) is 2.14. The third kappa shape index (κ3) is 5.30. The molecular weight excluding hydrogens is 364 g/mol. The Bertz CT molecular complexity index is 862. The van der Waals surface area contributed by atoms with Crippen LogP contribution in [0, 0.1) is 6.92 Å². The number of methoxy groups -OCH3 is 1. The molecule has 1 atom stereocenters. The number of sulfonamides is 1. The highest BCUT2D eigenvalue weighted by Gasteiger charge is 2.24. The Kier molecular flexibility index (Phi) is 6.98. The number of amides is 1. The fourth-order valence-electron chi connectivity index (χ4n) is 2.67. The quantitative estimate of drug-likeness (QED) is 0.752. The number of aryl methyl sites for hydroxylation is 1. The minimum Gasteiger partial charge on any atom is -0.497 e. The molecule has 2 aromatic carbocycles. The zero-order valence-corrected chi connectivity index (χ0v) is 16.9. The van der Waals surface area contributed by atoms with Gasteiger partial charge in [0.2, 0.25) is 15.9 Å². The molecule has 27 heavy (non-hydrogen) atoms. The van der Waals surface area contributed by atoms with Crippen LogP contribution < -0.4 is 10.1 Å². The van der Waals surface area contributed by atoms with Gasteiger partial charge in [-0.2, -0.15) is 4.31 Å². The van der Waals surface area contributed by atoms with Crippen LogP contribution >= 0.6 is 0 Å². The highest BCUT2D eigenvalue weighted by Crippen LogP contribution is 2.19. The van der Waals surface area contributed by atoms with Crippen LogP contribution in [-0.2, 0) is 14.8 Å². The molecule has 1 N–H and O–H groups in total. The zero-order chi connectivity index (χ0) is 20.0. The smallest absolute Gasteiger partial charge is 0.243 e. The maximum Gasteiger partial charge on any atom is 0.243 e. The van der Waals surface area contributed by atoms with Gasteiger partial charge in [-0.1, -0.05) is 36.8 Å². The second-order valence-corrected chi connectivity index (χ2v) is 8.42. The Balaban J connectivity index is 2.05. The highest BCUT2D eigenvalue weighted by molar-refractivity contribution is 7.89. The molecule has 0 fully saturated rings. The lowest BCUT2D eigenvalue weighted by molar-refractivity contribution is -0.121. The van der Waals surface area contributed by atoms with Crippen molar-refractivity contribution in [2.45, 2.75) is 31.2 Å². The van der Waals surface area contributed by atoms with Crippen LogP contribution in [0.3, 0.4) is 0 Å². The Morgan fingerprint density at radius 2 is 1.70 bits per heavy atom. The first-order valence-corrected chi connectivity index (χ1v) is 10.2. The second-order valence-electron chi connectivity index (χ2n) is 6.38. The maximum absolute atomic E-state index is 12.6. The Morgan fingerprint density at radius 1 is 1.11 bits per heavy atom. The van der Waals surface area contributed by atoms with Crippen LogP contribution in [0.15, 0.2) is 53.4 Å². The van der Waals surface area contributed by atoms with E-state index in [1.807, 2.05) is 38.1 Å². The van der Waals surface area contributed by atoms with Crippen LogP contribution in [0.1, 0.15) is 30.5 Å². The van der Waals surface area contributed by atoms with E-state index in [0.717, 1.165) is 15.4 Å². The minimum atomic E-state index is -3.75. The number of benzene rings is 2. The summed E-state index contributed by atoms with van der Waals surface area (Å²) in [4.78, 5) is 12.5. The monoisotopic (exact) mass is 390 g/mol. The Morgan fingerprint density at radius 3 is 2.22 bits per heavy atom. The Labute approximate surface area is 161 Å². The molecule has 0 radical (unpaired) electrons. The molecule has 1 amide bonds. The fourth-order valence-corrected chi connectivity index (χ4v) is 3.80. The third-order valence-corrected chi connectivity index (χ3v) is 6.17. The molecule has 0 bridgehead atoms. The van der Waals surface area contributed by atoms with E-state index in [1.165, 1.54) is 26.3 Å². The molecule has 6 nitrogen and oxygen atoms in total. The van der Waals surface area contributed by atoms with Gasteiger partial charge < -0.3 is 10.1 Å². The van der Waals surface area contributed by atoms with Gasteiger partial charge in [-0.25, -0.2) is 8.42 Å². The molecule has 0 spiro atoms. The van der Waals surface area contributed by atoms with Crippen molar-refractivity contribution >= 4 is 15.9 Å². The topological polar surface area (TPSA) is 75.7 Å². The molecule has 2 aromatic rings. The summed E-state index contributed by atoms with van der Waals surface area (Å²) in [5, 5.41) is 2.91. The second kappa shape index (κ2) is 9.01. The lowest BCUT2D eigenvalue weighted by atomic mass is 10.0. The van der Waals surface area contributed by atoms with E-state index in [-0.39, 0.29) is 23.4 Å². The Hall–Kier alpha value is -2.38. The molecule has 0 heterocycles. The van der Waals surface area contributed by atoms with E-state index >= 15 is 0 Å². The van der Waals surface area contributed by atoms with Crippen molar-refractivity contribution in [3.8, 4) is 5.75 Å². The van der Waals surface area contributed by atoms with Crippen molar-refractivity contribution in [3.05, 3.63) is 59.7 Å². The lowest BCUT2D eigenvalue weighted by Gasteiger charge is -2.21. The van der Waals surface area contributed by atoms with Crippen molar-refractivity contribution in [2.24, 2.45) is 0 Å². The van der Waals surface area contributed by atoms with E-state index in [9.17, 15) is 13.2 Å². The van der Waals surface area contributed by atoms with Crippen LogP contribution in [0.25, 0.3) is 0 Å². The molecule has 146 valence electrons. The number of likely N-dealkylation sites (N-methyl/N-ethyl adjacent to an activating group) is 1. The molecule has 7 heteroatoms. The number of nitrogens with zero attached hydrogens (tertiary/aromatic N) is 1. The number of rotatable bonds is 8. The van der Waals surface area contributed by atoms with Gasteiger partial charge >= 0.3 is 0 Å². The molecule has 0 unspecified atom stereocenters. The van der Waals surface area contributed by atoms with Crippen LogP contribution in [0.5, 0.6) is 5.75 Å². The molecular formula is C20H26N2O4S. The van der Waals surface area contributed by atoms with E-state index in [4.69, 9.17) is 4.74 Å². The van der Waals surface area contributed by atoms with Gasteiger partial charge in [0.25, 0.3) is 0 Å². The highest BCUT2D eigenvalue weighted by atomic mass is 32.2. The molecule has 0 saturated heterocycles. The largest absolute Gasteiger partial charge is 0.497 e. The summed E-state index contributed by atoms with van der Waals surface area (Å²) in [5.74, 6) is 0.222. The van der Waals surface area contributed by atoms with Crippen molar-refractivity contribution in [1.29, 1.82) is 0 Å². The summed E-state index contributed by atoms with van der Waals surface area (Å²) in [6.45, 7) is 3.72. The van der Waals surface area contributed by atoms with E-state index in [0.29, 0.717) is 12.2 Å². The van der Waals surface area contributed by atoms with Crippen molar-refractivity contribution < 1.29 is 17.9 Å². The van der Waals surface area contributed by atoms with Crippen LogP contribution in [0.2, 0.25) is 0 Å². The van der Waals surface area contributed by atoms with Crippen molar-refractivity contribution in [2.75, 3.05) is 20.7 Å². The molecule has 0 aromatic heterocycles. The van der Waals surface area contributed by atoms with E-state index in [1.54, 1.807) is 12.1 Å². The molecule has 0 aliphatic carbocycles. The third-order valence-electron chi connectivity index (χ3n) is 4.36. The summed E-state index contributed by atoms with van der Waals surface area (Å²) < 4.78 is 31.4. The lowest BCUT2D eigenvalue weighted by Crippen LogP contribution is -2.39. The summed E-state index contributed by atoms with van der Waals surface area (Å²) in [6, 6.07) is 13.8. The van der Waals surface area contributed by atoms with Crippen LogP contribution in [-0.4, -0.2) is 39.3 Å². The summed E-state index contributed by atoms with van der Waals surface area (Å²) in [7, 11) is -0.848. The molecule has 2 rings (SSSR count). The summed E-state index contributed by atoms with van der Waals surface area (Å²) >= 11 is 0. The van der Waals surface area contributed by atoms with Gasteiger partial charge in [-0.05, 0) is 43.2 Å². The predicted molar refractivity (Wildman–Crippen MR) is 105 cm³/mol. The minimum absolute atomic E-state index is 0.115. The van der Waals surface area contributed by atoms with E-state index < -0.39 is 10.0 Å². The fraction of sp³-hybridized carbons (Fsp3) is 0.350. The van der Waals surface area contributed by atoms with Crippen LogP contribution in [0.4, 0.5) is 0 Å². The normalized spacial score (nSPS) is 12.6. The number of hydrogen-bond donors (Lipinski definition) is 1. The summed E-state index contributed by atoms with van der Waals surface area (Å²) in [6.07, 6.45) is 0.712. The van der Waals surface area contributed by atoms with Gasteiger partial charge in [0, 0.05) is 7.05 Å². The maximum atomic E-state index is 12.6. The molecule has 0 aliphatic heterocycles. The SMILES string of the molecule is CC[C@@H](NC(=O)CN(C)S(=O)(=O)c1ccc(OC)cc1)c1ccc(C)cc1. The number of ether oxygens (including phenoxy) is 1. The predicted octanol–water partition coefficient (Wildman–Crippen LogP) is 2.89. The first-order valence-electron chi connectivity index (χ1n) is 8.74.